The highest BCUT2D eigenvalue weighted by atomic mass is 19.1. The average Bonchev–Trinajstić information content (AvgIpc) is 2.84. The van der Waals surface area contributed by atoms with E-state index in [2.05, 4.69) is 29.7 Å². The van der Waals surface area contributed by atoms with E-state index >= 15 is 0 Å². The Morgan fingerprint density at radius 3 is 2.79 bits per heavy atom. The standard InChI is InChI=1S/C16H17FN2/c17-13-6-3-5-12(10-13)16(19-18)15-9-8-11-4-1-2-7-14(11)15/h1-7,10,15-16,19H,8-9,18H2. The molecular formula is C16H17FN2. The van der Waals surface area contributed by atoms with Crippen LogP contribution < -0.4 is 11.3 Å². The average molecular weight is 256 g/mol. The van der Waals surface area contributed by atoms with Gasteiger partial charge in [0.2, 0.25) is 0 Å². The van der Waals surface area contributed by atoms with Crippen LogP contribution in [0.3, 0.4) is 0 Å². The van der Waals surface area contributed by atoms with Gasteiger partial charge in [0.15, 0.2) is 0 Å². The molecule has 0 saturated heterocycles. The molecule has 2 atom stereocenters. The molecule has 0 aromatic heterocycles. The van der Waals surface area contributed by atoms with Crippen molar-refractivity contribution in [2.45, 2.75) is 24.8 Å². The molecule has 0 amide bonds. The molecule has 98 valence electrons. The van der Waals surface area contributed by atoms with Crippen LogP contribution >= 0.6 is 0 Å². The smallest absolute Gasteiger partial charge is 0.123 e. The molecule has 0 heterocycles. The van der Waals surface area contributed by atoms with E-state index in [1.165, 1.54) is 17.2 Å². The van der Waals surface area contributed by atoms with Crippen LogP contribution in [0.1, 0.15) is 35.1 Å². The van der Waals surface area contributed by atoms with E-state index in [1.807, 2.05) is 6.07 Å². The van der Waals surface area contributed by atoms with Crippen molar-refractivity contribution in [3.05, 3.63) is 71.0 Å². The van der Waals surface area contributed by atoms with Crippen LogP contribution in [0.25, 0.3) is 0 Å². The number of nitrogens with one attached hydrogen (secondary N) is 1. The van der Waals surface area contributed by atoms with E-state index in [1.54, 1.807) is 12.1 Å². The second-order valence-electron chi connectivity index (χ2n) is 5.04. The van der Waals surface area contributed by atoms with E-state index in [0.29, 0.717) is 5.92 Å². The van der Waals surface area contributed by atoms with E-state index < -0.39 is 0 Å². The number of aryl methyl sites for hydroxylation is 1. The third-order valence-electron chi connectivity index (χ3n) is 3.97. The van der Waals surface area contributed by atoms with Gasteiger partial charge in [-0.1, -0.05) is 36.4 Å². The normalized spacial score (nSPS) is 19.2. The summed E-state index contributed by atoms with van der Waals surface area (Å²) in [6.45, 7) is 0. The van der Waals surface area contributed by atoms with E-state index in [0.717, 1.165) is 18.4 Å². The second kappa shape index (κ2) is 5.11. The quantitative estimate of drug-likeness (QED) is 0.654. The highest BCUT2D eigenvalue weighted by Gasteiger charge is 2.30. The SMILES string of the molecule is NNC(c1cccc(F)c1)C1CCc2ccccc21. The fraction of sp³-hybridized carbons (Fsp3) is 0.250. The molecule has 2 unspecified atom stereocenters. The summed E-state index contributed by atoms with van der Waals surface area (Å²) >= 11 is 0. The first-order valence-corrected chi connectivity index (χ1v) is 6.59. The number of benzene rings is 2. The third kappa shape index (κ3) is 2.27. The number of hydrogen-bond donors (Lipinski definition) is 2. The topological polar surface area (TPSA) is 38.0 Å². The van der Waals surface area contributed by atoms with Gasteiger partial charge in [-0.3, -0.25) is 11.3 Å². The number of rotatable bonds is 3. The monoisotopic (exact) mass is 256 g/mol. The summed E-state index contributed by atoms with van der Waals surface area (Å²) in [6.07, 6.45) is 2.11. The van der Waals surface area contributed by atoms with Crippen LogP contribution in [0, 0.1) is 5.82 Å². The molecular weight excluding hydrogens is 239 g/mol. The first-order chi connectivity index (χ1) is 9.29. The van der Waals surface area contributed by atoms with E-state index in [4.69, 9.17) is 5.84 Å². The highest BCUT2D eigenvalue weighted by Crippen LogP contribution is 2.41. The summed E-state index contributed by atoms with van der Waals surface area (Å²) in [5.74, 6) is 5.81. The molecule has 3 N–H and O–H groups in total. The number of halogens is 1. The van der Waals surface area contributed by atoms with Crippen molar-refractivity contribution in [3.63, 3.8) is 0 Å². The lowest BCUT2D eigenvalue weighted by molar-refractivity contribution is 0.450. The molecule has 1 aliphatic carbocycles. The van der Waals surface area contributed by atoms with Crippen molar-refractivity contribution >= 4 is 0 Å². The molecule has 3 heteroatoms. The lowest BCUT2D eigenvalue weighted by Crippen LogP contribution is -2.32. The highest BCUT2D eigenvalue weighted by molar-refractivity contribution is 5.38. The number of hydrogen-bond acceptors (Lipinski definition) is 2. The van der Waals surface area contributed by atoms with Crippen molar-refractivity contribution in [1.82, 2.24) is 5.43 Å². The minimum absolute atomic E-state index is 0.0423. The van der Waals surface area contributed by atoms with Crippen molar-refractivity contribution < 1.29 is 4.39 Å². The van der Waals surface area contributed by atoms with Gasteiger partial charge < -0.3 is 0 Å². The summed E-state index contributed by atoms with van der Waals surface area (Å²) < 4.78 is 13.4. The minimum Gasteiger partial charge on any atom is -0.271 e. The van der Waals surface area contributed by atoms with E-state index in [-0.39, 0.29) is 11.9 Å². The predicted octanol–water partition coefficient (Wildman–Crippen LogP) is 3.06. The maximum Gasteiger partial charge on any atom is 0.123 e. The Balaban J connectivity index is 1.96. The van der Waals surface area contributed by atoms with Gasteiger partial charge in [-0.25, -0.2) is 4.39 Å². The number of hydrazine groups is 1. The van der Waals surface area contributed by atoms with Crippen LogP contribution in [0.15, 0.2) is 48.5 Å². The van der Waals surface area contributed by atoms with Crippen molar-refractivity contribution in [2.75, 3.05) is 0 Å². The van der Waals surface area contributed by atoms with Gasteiger partial charge >= 0.3 is 0 Å². The molecule has 19 heavy (non-hydrogen) atoms. The minimum atomic E-state index is -0.218. The lowest BCUT2D eigenvalue weighted by Gasteiger charge is -2.24. The molecule has 0 radical (unpaired) electrons. The van der Waals surface area contributed by atoms with Crippen LogP contribution in [-0.2, 0) is 6.42 Å². The zero-order valence-corrected chi connectivity index (χ0v) is 10.6. The van der Waals surface area contributed by atoms with Gasteiger partial charge in [-0.15, -0.1) is 0 Å². The fourth-order valence-electron chi connectivity index (χ4n) is 3.08. The first-order valence-electron chi connectivity index (χ1n) is 6.59. The second-order valence-corrected chi connectivity index (χ2v) is 5.04. The lowest BCUT2D eigenvalue weighted by atomic mass is 9.88. The predicted molar refractivity (Wildman–Crippen MR) is 74.0 cm³/mol. The molecule has 1 aliphatic rings. The Bertz CT molecular complexity index is 582. The Kier molecular flexibility index (Phi) is 3.32. The number of fused-ring (bicyclic) bond motifs is 1. The molecule has 2 nitrogen and oxygen atoms in total. The van der Waals surface area contributed by atoms with Crippen molar-refractivity contribution in [3.8, 4) is 0 Å². The molecule has 0 spiro atoms. The first kappa shape index (κ1) is 12.3. The molecule has 0 fully saturated rings. The van der Waals surface area contributed by atoms with E-state index in [9.17, 15) is 4.39 Å². The van der Waals surface area contributed by atoms with Gasteiger partial charge in [0.05, 0.1) is 6.04 Å². The van der Waals surface area contributed by atoms with Gasteiger partial charge in [0.25, 0.3) is 0 Å². The Hall–Kier alpha value is -1.71. The summed E-state index contributed by atoms with van der Waals surface area (Å²) in [5, 5.41) is 0. The zero-order chi connectivity index (χ0) is 13.2. The van der Waals surface area contributed by atoms with Gasteiger partial charge in [0, 0.05) is 5.92 Å². The maximum atomic E-state index is 13.4. The third-order valence-corrected chi connectivity index (χ3v) is 3.97. The molecule has 3 rings (SSSR count). The maximum absolute atomic E-state index is 13.4. The Morgan fingerprint density at radius 2 is 2.00 bits per heavy atom. The summed E-state index contributed by atoms with van der Waals surface area (Å²) in [4.78, 5) is 0. The zero-order valence-electron chi connectivity index (χ0n) is 10.6. The molecule has 0 saturated carbocycles. The largest absolute Gasteiger partial charge is 0.271 e. The molecule has 2 aromatic rings. The van der Waals surface area contributed by atoms with Crippen LogP contribution in [0.5, 0.6) is 0 Å². The van der Waals surface area contributed by atoms with Gasteiger partial charge in [-0.05, 0) is 41.7 Å². The van der Waals surface area contributed by atoms with Crippen LogP contribution in [0.4, 0.5) is 4.39 Å². The molecule has 0 aliphatic heterocycles. The van der Waals surface area contributed by atoms with Crippen LogP contribution in [0.2, 0.25) is 0 Å². The summed E-state index contributed by atoms with van der Waals surface area (Å²) in [7, 11) is 0. The summed E-state index contributed by atoms with van der Waals surface area (Å²) in [5.41, 5.74) is 6.48. The van der Waals surface area contributed by atoms with Gasteiger partial charge in [0.1, 0.15) is 5.82 Å². The van der Waals surface area contributed by atoms with Crippen molar-refractivity contribution in [1.29, 1.82) is 0 Å². The summed E-state index contributed by atoms with van der Waals surface area (Å²) in [6, 6.07) is 15.1. The van der Waals surface area contributed by atoms with Crippen molar-refractivity contribution in [2.24, 2.45) is 5.84 Å². The molecule has 2 aromatic carbocycles. The fourth-order valence-corrected chi connectivity index (χ4v) is 3.08. The Labute approximate surface area is 112 Å². The molecule has 0 bridgehead atoms. The number of nitrogens with two attached hydrogens (primary N) is 1. The van der Waals surface area contributed by atoms with Gasteiger partial charge in [-0.2, -0.15) is 0 Å². The Morgan fingerprint density at radius 1 is 1.16 bits per heavy atom. The van der Waals surface area contributed by atoms with Crippen LogP contribution in [-0.4, -0.2) is 0 Å².